The first-order chi connectivity index (χ1) is 13.6. The summed E-state index contributed by atoms with van der Waals surface area (Å²) in [6.07, 6.45) is 0.922. The van der Waals surface area contributed by atoms with Crippen LogP contribution in [0.3, 0.4) is 0 Å². The van der Waals surface area contributed by atoms with Crippen LogP contribution in [0.25, 0.3) is 11.3 Å². The van der Waals surface area contributed by atoms with Crippen LogP contribution in [0.4, 0.5) is 0 Å². The standard InChI is InChI=1S/C21H29N5O2/c1-4-22-21(24-17-10-11-26(14-17)20(27)15(2)3)23-13-18-12-19(28-25-18)16-8-6-5-7-9-16/h5-9,12,15,17H,4,10-11,13-14H2,1-3H3,(H2,22,23,24). The van der Waals surface area contributed by atoms with Gasteiger partial charge in [0.15, 0.2) is 11.7 Å². The van der Waals surface area contributed by atoms with E-state index in [4.69, 9.17) is 4.52 Å². The fourth-order valence-corrected chi connectivity index (χ4v) is 3.24. The highest BCUT2D eigenvalue weighted by molar-refractivity contribution is 5.81. The van der Waals surface area contributed by atoms with E-state index in [1.807, 2.05) is 62.1 Å². The fourth-order valence-electron chi connectivity index (χ4n) is 3.24. The zero-order valence-electron chi connectivity index (χ0n) is 16.8. The van der Waals surface area contributed by atoms with Gasteiger partial charge < -0.3 is 20.1 Å². The SMILES string of the molecule is CCNC(=NCc1cc(-c2ccccc2)on1)NC1CCN(C(=O)C(C)C)C1. The lowest BCUT2D eigenvalue weighted by Gasteiger charge is -2.20. The van der Waals surface area contributed by atoms with Crippen molar-refractivity contribution >= 4 is 11.9 Å². The van der Waals surface area contributed by atoms with Crippen molar-refractivity contribution in [1.29, 1.82) is 0 Å². The second kappa shape index (κ2) is 9.39. The molecule has 0 saturated carbocycles. The maximum absolute atomic E-state index is 12.2. The maximum atomic E-state index is 12.2. The highest BCUT2D eigenvalue weighted by Crippen LogP contribution is 2.20. The number of aliphatic imine (C=N–C) groups is 1. The summed E-state index contributed by atoms with van der Waals surface area (Å²) in [6.45, 7) is 8.60. The number of hydrogen-bond acceptors (Lipinski definition) is 4. The Kier molecular flexibility index (Phi) is 6.68. The summed E-state index contributed by atoms with van der Waals surface area (Å²) in [4.78, 5) is 18.7. The lowest BCUT2D eigenvalue weighted by Crippen LogP contribution is -2.45. The first-order valence-electron chi connectivity index (χ1n) is 9.91. The van der Waals surface area contributed by atoms with Crippen molar-refractivity contribution in [1.82, 2.24) is 20.7 Å². The van der Waals surface area contributed by atoms with Gasteiger partial charge in [-0.2, -0.15) is 0 Å². The monoisotopic (exact) mass is 383 g/mol. The summed E-state index contributed by atoms with van der Waals surface area (Å²) < 4.78 is 5.43. The molecule has 2 aromatic rings. The molecule has 1 aliphatic heterocycles. The highest BCUT2D eigenvalue weighted by atomic mass is 16.5. The molecule has 1 aromatic heterocycles. The van der Waals surface area contributed by atoms with Gasteiger partial charge in [-0.25, -0.2) is 4.99 Å². The summed E-state index contributed by atoms with van der Waals surface area (Å²) >= 11 is 0. The molecule has 28 heavy (non-hydrogen) atoms. The van der Waals surface area contributed by atoms with E-state index < -0.39 is 0 Å². The van der Waals surface area contributed by atoms with E-state index in [1.165, 1.54) is 0 Å². The van der Waals surface area contributed by atoms with Crippen LogP contribution < -0.4 is 10.6 Å². The number of amides is 1. The van der Waals surface area contributed by atoms with Gasteiger partial charge in [-0.05, 0) is 13.3 Å². The van der Waals surface area contributed by atoms with Crippen LogP contribution in [-0.2, 0) is 11.3 Å². The van der Waals surface area contributed by atoms with Crippen molar-refractivity contribution in [2.45, 2.75) is 39.8 Å². The van der Waals surface area contributed by atoms with Gasteiger partial charge >= 0.3 is 0 Å². The van der Waals surface area contributed by atoms with Crippen molar-refractivity contribution in [2.24, 2.45) is 10.9 Å². The maximum Gasteiger partial charge on any atom is 0.225 e. The van der Waals surface area contributed by atoms with E-state index in [9.17, 15) is 4.79 Å². The third-order valence-corrected chi connectivity index (χ3v) is 4.70. The summed E-state index contributed by atoms with van der Waals surface area (Å²) in [5.74, 6) is 1.71. The summed E-state index contributed by atoms with van der Waals surface area (Å²) in [5, 5.41) is 10.8. The van der Waals surface area contributed by atoms with Crippen LogP contribution in [0.2, 0.25) is 0 Å². The minimum Gasteiger partial charge on any atom is -0.357 e. The lowest BCUT2D eigenvalue weighted by atomic mass is 10.2. The number of hydrogen-bond donors (Lipinski definition) is 2. The quantitative estimate of drug-likeness (QED) is 0.592. The van der Waals surface area contributed by atoms with E-state index in [0.29, 0.717) is 13.1 Å². The van der Waals surface area contributed by atoms with E-state index in [1.54, 1.807) is 0 Å². The molecule has 150 valence electrons. The fraction of sp³-hybridized carbons (Fsp3) is 0.476. The second-order valence-corrected chi connectivity index (χ2v) is 7.31. The molecule has 1 fully saturated rings. The molecule has 0 radical (unpaired) electrons. The number of likely N-dealkylation sites (tertiary alicyclic amines) is 1. The molecular formula is C21H29N5O2. The molecule has 1 saturated heterocycles. The Hall–Kier alpha value is -2.83. The normalized spacial score (nSPS) is 17.2. The molecule has 2 N–H and O–H groups in total. The Balaban J connectivity index is 1.59. The van der Waals surface area contributed by atoms with E-state index >= 15 is 0 Å². The molecule has 7 nitrogen and oxygen atoms in total. The predicted molar refractivity (Wildman–Crippen MR) is 110 cm³/mol. The molecule has 1 amide bonds. The molecule has 0 aliphatic carbocycles. The van der Waals surface area contributed by atoms with Crippen molar-refractivity contribution < 1.29 is 9.32 Å². The first-order valence-corrected chi connectivity index (χ1v) is 9.91. The van der Waals surface area contributed by atoms with Crippen molar-refractivity contribution in [3.05, 3.63) is 42.1 Å². The number of guanidine groups is 1. The molecule has 1 aliphatic rings. The predicted octanol–water partition coefficient (Wildman–Crippen LogP) is 2.65. The first kappa shape index (κ1) is 19.9. The smallest absolute Gasteiger partial charge is 0.225 e. The molecule has 0 bridgehead atoms. The number of nitrogens with one attached hydrogen (secondary N) is 2. The van der Waals surface area contributed by atoms with Gasteiger partial charge in [-0.3, -0.25) is 4.79 Å². The van der Waals surface area contributed by atoms with Crippen LogP contribution in [0.1, 0.15) is 32.9 Å². The Morgan fingerprint density at radius 1 is 1.36 bits per heavy atom. The Morgan fingerprint density at radius 2 is 2.14 bits per heavy atom. The molecule has 1 atom stereocenters. The molecule has 1 unspecified atom stereocenters. The summed E-state index contributed by atoms with van der Waals surface area (Å²) in [7, 11) is 0. The van der Waals surface area contributed by atoms with E-state index in [2.05, 4.69) is 20.8 Å². The second-order valence-electron chi connectivity index (χ2n) is 7.31. The van der Waals surface area contributed by atoms with Crippen LogP contribution in [0, 0.1) is 5.92 Å². The van der Waals surface area contributed by atoms with Gasteiger partial charge in [0, 0.05) is 43.2 Å². The van der Waals surface area contributed by atoms with Gasteiger partial charge in [0.25, 0.3) is 0 Å². The number of rotatable bonds is 6. The number of aromatic nitrogens is 1. The molecular weight excluding hydrogens is 354 g/mol. The highest BCUT2D eigenvalue weighted by Gasteiger charge is 2.27. The third kappa shape index (κ3) is 5.12. The number of benzene rings is 1. The topological polar surface area (TPSA) is 82.8 Å². The van der Waals surface area contributed by atoms with Gasteiger partial charge in [0.05, 0.1) is 6.54 Å². The van der Waals surface area contributed by atoms with E-state index in [-0.39, 0.29) is 17.9 Å². The van der Waals surface area contributed by atoms with Crippen LogP contribution >= 0.6 is 0 Å². The van der Waals surface area contributed by atoms with Gasteiger partial charge in [-0.15, -0.1) is 0 Å². The van der Waals surface area contributed by atoms with Crippen molar-refractivity contribution in [2.75, 3.05) is 19.6 Å². The lowest BCUT2D eigenvalue weighted by molar-refractivity contribution is -0.133. The van der Waals surface area contributed by atoms with E-state index in [0.717, 1.165) is 42.5 Å². The summed E-state index contributed by atoms with van der Waals surface area (Å²) in [5.41, 5.74) is 1.77. The molecule has 1 aromatic carbocycles. The Bertz CT molecular complexity index is 800. The van der Waals surface area contributed by atoms with Crippen molar-refractivity contribution in [3.63, 3.8) is 0 Å². The van der Waals surface area contributed by atoms with Crippen LogP contribution in [0.5, 0.6) is 0 Å². The Morgan fingerprint density at radius 3 is 2.86 bits per heavy atom. The number of nitrogens with zero attached hydrogens (tertiary/aromatic N) is 3. The molecule has 3 rings (SSSR count). The summed E-state index contributed by atoms with van der Waals surface area (Å²) in [6, 6.07) is 12.0. The number of carbonyl (C=O) groups is 1. The average Bonchev–Trinajstić information content (AvgIpc) is 3.36. The zero-order valence-corrected chi connectivity index (χ0v) is 16.8. The average molecular weight is 383 g/mol. The molecule has 0 spiro atoms. The largest absolute Gasteiger partial charge is 0.357 e. The van der Waals surface area contributed by atoms with Gasteiger partial charge in [0.1, 0.15) is 5.69 Å². The third-order valence-electron chi connectivity index (χ3n) is 4.70. The van der Waals surface area contributed by atoms with Crippen LogP contribution in [0.15, 0.2) is 45.9 Å². The number of carbonyl (C=O) groups excluding carboxylic acids is 1. The minimum atomic E-state index is 0.0339. The van der Waals surface area contributed by atoms with Gasteiger partial charge in [0.2, 0.25) is 5.91 Å². The molecule has 2 heterocycles. The zero-order chi connectivity index (χ0) is 19.9. The van der Waals surface area contributed by atoms with Crippen molar-refractivity contribution in [3.8, 4) is 11.3 Å². The minimum absolute atomic E-state index is 0.0339. The Labute approximate surface area is 166 Å². The van der Waals surface area contributed by atoms with Crippen LogP contribution in [-0.4, -0.2) is 47.6 Å². The van der Waals surface area contributed by atoms with Gasteiger partial charge in [-0.1, -0.05) is 49.3 Å². The molecule has 7 heteroatoms.